The number of carbonyl (C=O) groups excluding carboxylic acids is 4. The van der Waals surface area contributed by atoms with Gasteiger partial charge in [-0.2, -0.15) is 0 Å². The monoisotopic (exact) mass is 559 g/mol. The van der Waals surface area contributed by atoms with Gasteiger partial charge in [0, 0.05) is 11.5 Å². The molecule has 1 aromatic carbocycles. The van der Waals surface area contributed by atoms with Crippen molar-refractivity contribution in [1.29, 1.82) is 0 Å². The van der Waals surface area contributed by atoms with Crippen molar-refractivity contribution in [2.24, 2.45) is 23.0 Å². The van der Waals surface area contributed by atoms with E-state index in [1.54, 1.807) is 0 Å². The highest BCUT2D eigenvalue weighted by Gasteiger charge is 2.67. The Kier molecular flexibility index (Phi) is 6.98. The Hall–Kier alpha value is -3.94. The van der Waals surface area contributed by atoms with Crippen molar-refractivity contribution in [3.05, 3.63) is 40.2 Å². The molecule has 0 spiro atoms. The maximum Gasteiger partial charge on any atom is 0.411 e. The zero-order valence-electron chi connectivity index (χ0n) is 22.7. The number of hydrogen-bond donors (Lipinski definition) is 7. The van der Waals surface area contributed by atoms with Gasteiger partial charge in [-0.1, -0.05) is 26.8 Å². The summed E-state index contributed by atoms with van der Waals surface area (Å²) in [5.74, 6) is -9.14. The lowest BCUT2D eigenvalue weighted by Crippen LogP contribution is -2.70. The van der Waals surface area contributed by atoms with E-state index in [0.29, 0.717) is 5.56 Å². The average Bonchev–Trinajstić information content (AvgIpc) is 2.83. The summed E-state index contributed by atoms with van der Waals surface area (Å²) in [5.41, 5.74) is 0.387. The molecule has 0 heterocycles. The van der Waals surface area contributed by atoms with Gasteiger partial charge >= 0.3 is 6.09 Å². The summed E-state index contributed by atoms with van der Waals surface area (Å²) in [4.78, 5) is 52.6. The highest BCUT2D eigenvalue weighted by atomic mass is 16.5. The van der Waals surface area contributed by atoms with Crippen LogP contribution < -0.4 is 11.1 Å². The lowest BCUT2D eigenvalue weighted by molar-refractivity contribution is -0.168. The highest BCUT2D eigenvalue weighted by Crippen LogP contribution is 2.53. The second-order valence-corrected chi connectivity index (χ2v) is 11.8. The van der Waals surface area contributed by atoms with Gasteiger partial charge in [0.25, 0.3) is 5.91 Å². The number of hydrogen-bond acceptors (Lipinski definition) is 11. The second-order valence-electron chi connectivity index (χ2n) is 11.8. The molecule has 4 rings (SSSR count). The van der Waals surface area contributed by atoms with E-state index >= 15 is 0 Å². The van der Waals surface area contributed by atoms with Crippen LogP contribution in [0.25, 0.3) is 5.76 Å². The summed E-state index contributed by atoms with van der Waals surface area (Å²) < 4.78 is 5.15. The number of ether oxygens (including phenoxy) is 1. The van der Waals surface area contributed by atoms with Crippen molar-refractivity contribution < 1.29 is 49.4 Å². The zero-order chi connectivity index (χ0) is 30.1. The van der Waals surface area contributed by atoms with Gasteiger partial charge in [-0.15, -0.1) is 0 Å². The number of nitrogens with one attached hydrogen (secondary N) is 1. The minimum Gasteiger partial charge on any atom is -0.508 e. The highest BCUT2D eigenvalue weighted by molar-refractivity contribution is 6.24. The van der Waals surface area contributed by atoms with Crippen molar-refractivity contribution in [2.45, 2.75) is 44.9 Å². The molecule has 13 heteroatoms. The van der Waals surface area contributed by atoms with Crippen LogP contribution in [0.5, 0.6) is 5.75 Å². The number of likely N-dealkylation sites (N-methyl/N-ethyl adjacent to an activating group) is 1. The molecular weight excluding hydrogens is 526 g/mol. The van der Waals surface area contributed by atoms with Crippen LogP contribution in [0, 0.1) is 17.3 Å². The smallest absolute Gasteiger partial charge is 0.411 e. The Morgan fingerprint density at radius 3 is 2.35 bits per heavy atom. The average molecular weight is 560 g/mol. The Balaban J connectivity index is 1.84. The molecule has 0 saturated heterocycles. The molecule has 0 aromatic heterocycles. The number of benzene rings is 1. The van der Waals surface area contributed by atoms with Crippen molar-refractivity contribution in [3.63, 3.8) is 0 Å². The molecule has 1 aromatic rings. The largest absolute Gasteiger partial charge is 0.508 e. The summed E-state index contributed by atoms with van der Waals surface area (Å²) in [6, 6.07) is 1.40. The summed E-state index contributed by atoms with van der Waals surface area (Å²) in [6.07, 6.45) is -2.66. The quantitative estimate of drug-likeness (QED) is 0.199. The number of fused-ring (bicyclic) bond motifs is 3. The molecule has 3 aliphatic carbocycles. The minimum absolute atomic E-state index is 0.0778. The van der Waals surface area contributed by atoms with E-state index in [2.05, 4.69) is 5.32 Å². The van der Waals surface area contributed by atoms with Crippen LogP contribution in [0.3, 0.4) is 0 Å². The number of rotatable bonds is 4. The van der Waals surface area contributed by atoms with E-state index in [9.17, 15) is 44.7 Å². The van der Waals surface area contributed by atoms with Gasteiger partial charge in [-0.3, -0.25) is 24.6 Å². The summed E-state index contributed by atoms with van der Waals surface area (Å²) in [6.45, 7) is 5.64. The molecule has 5 atom stereocenters. The van der Waals surface area contributed by atoms with Gasteiger partial charge in [0.15, 0.2) is 11.4 Å². The molecule has 0 unspecified atom stereocenters. The van der Waals surface area contributed by atoms with Crippen molar-refractivity contribution in [3.8, 4) is 5.75 Å². The number of nitrogens with zero attached hydrogens (tertiary/aromatic N) is 1. The molecule has 216 valence electrons. The number of primary amides is 1. The van der Waals surface area contributed by atoms with Crippen LogP contribution in [0.2, 0.25) is 0 Å². The first-order valence-electron chi connectivity index (χ1n) is 12.5. The van der Waals surface area contributed by atoms with Crippen LogP contribution in [-0.2, 0) is 25.5 Å². The summed E-state index contributed by atoms with van der Waals surface area (Å²) in [5, 5.41) is 58.6. The topological polar surface area (TPSA) is 220 Å². The van der Waals surface area contributed by atoms with E-state index in [-0.39, 0.29) is 29.7 Å². The number of ketones is 2. The molecule has 0 bridgehead atoms. The number of Topliss-reactive ketones (excluding diaryl/α,β-unsaturated/α-hetero) is 2. The Morgan fingerprint density at radius 2 is 1.80 bits per heavy atom. The first-order chi connectivity index (χ1) is 18.4. The third kappa shape index (κ3) is 4.30. The van der Waals surface area contributed by atoms with Crippen LogP contribution in [0.1, 0.15) is 31.9 Å². The molecule has 0 aliphatic heterocycles. The molecule has 13 nitrogen and oxygen atoms in total. The fourth-order valence-corrected chi connectivity index (χ4v) is 5.76. The Morgan fingerprint density at radius 1 is 1.18 bits per heavy atom. The maximum absolute atomic E-state index is 13.9. The zero-order valence-corrected chi connectivity index (χ0v) is 22.7. The fraction of sp³-hybridized carbons (Fsp3) is 0.481. The lowest BCUT2D eigenvalue weighted by Gasteiger charge is -2.52. The van der Waals surface area contributed by atoms with Gasteiger partial charge in [0.05, 0.1) is 35.9 Å². The molecule has 3 aliphatic rings. The van der Waals surface area contributed by atoms with E-state index in [1.165, 1.54) is 31.1 Å². The second kappa shape index (κ2) is 9.61. The Labute approximate surface area is 229 Å². The van der Waals surface area contributed by atoms with E-state index < -0.39 is 81.6 Å². The van der Waals surface area contributed by atoms with Gasteiger partial charge in [-0.05, 0) is 37.6 Å². The number of phenolic OH excluding ortho intramolecular Hbond substituents is 1. The third-order valence-corrected chi connectivity index (χ3v) is 7.55. The molecule has 8 N–H and O–H groups in total. The number of anilines is 1. The first kappa shape index (κ1) is 29.1. The van der Waals surface area contributed by atoms with Crippen LogP contribution in [0.15, 0.2) is 29.0 Å². The molecule has 1 saturated carbocycles. The summed E-state index contributed by atoms with van der Waals surface area (Å²) in [7, 11) is 2.86. The predicted molar refractivity (Wildman–Crippen MR) is 140 cm³/mol. The molecule has 40 heavy (non-hydrogen) atoms. The number of carbonyl (C=O) groups is 4. The van der Waals surface area contributed by atoms with Crippen molar-refractivity contribution in [1.82, 2.24) is 4.90 Å². The number of amides is 2. The van der Waals surface area contributed by atoms with Crippen LogP contribution in [0.4, 0.5) is 10.5 Å². The maximum atomic E-state index is 13.9. The van der Waals surface area contributed by atoms with Gasteiger partial charge in [0.2, 0.25) is 5.78 Å². The van der Waals surface area contributed by atoms with Crippen LogP contribution in [-0.4, -0.2) is 92.4 Å². The van der Waals surface area contributed by atoms with E-state index in [0.717, 1.165) is 0 Å². The predicted octanol–water partition coefficient (Wildman–Crippen LogP) is 0.529. The molecule has 1 fully saturated rings. The molecule has 2 amide bonds. The van der Waals surface area contributed by atoms with Gasteiger partial charge in [-0.25, -0.2) is 4.79 Å². The normalized spacial score (nSPS) is 28.2. The molecular formula is C27H33N3O10. The summed E-state index contributed by atoms with van der Waals surface area (Å²) >= 11 is 0. The van der Waals surface area contributed by atoms with Gasteiger partial charge < -0.3 is 36.0 Å². The SMILES string of the molecule is CN(C)[C@H]1C(=O)C(C(N)=O)=C(O)[C@]2(O)C(=O)C3=C(O)c4c(ccc(NC(=O)OCC(C)(C)C)c4O)C[C@@H]3[C@@H](O)[C@H]12. The van der Waals surface area contributed by atoms with Crippen LogP contribution >= 0.6 is 0 Å². The number of aromatic hydroxyl groups is 1. The fourth-order valence-electron chi connectivity index (χ4n) is 5.76. The van der Waals surface area contributed by atoms with Gasteiger partial charge in [0.1, 0.15) is 22.8 Å². The number of aliphatic hydroxyl groups excluding tert-OH is 3. The lowest BCUT2D eigenvalue weighted by atomic mass is 9.56. The first-order valence-corrected chi connectivity index (χ1v) is 12.5. The standard InChI is InChI=1S/C27H33N3O10/c1-26(2,3)9-40-25(38)29-12-7-6-10-8-11-14(20(33)13(10)19(12)32)22(35)27(39)16(18(11)31)17(30(4)5)21(34)15(23(27)36)24(28)37/h6-7,11,16-18,31-33,36,39H,8-9H2,1-5H3,(H2,28,37)(H,29,38)/t11-,16-,17+,18+,27+/m0/s1. The van der Waals surface area contributed by atoms with Crippen molar-refractivity contribution in [2.75, 3.05) is 26.0 Å². The minimum atomic E-state index is -2.99. The van der Waals surface area contributed by atoms with Crippen molar-refractivity contribution >= 4 is 35.0 Å². The molecule has 0 radical (unpaired) electrons. The number of nitrogens with two attached hydrogens (primary N) is 1. The number of aliphatic hydroxyl groups is 4. The number of phenols is 1. The Bertz CT molecular complexity index is 1390. The third-order valence-electron chi connectivity index (χ3n) is 7.55. The van der Waals surface area contributed by atoms with E-state index in [4.69, 9.17) is 10.5 Å². The van der Waals surface area contributed by atoms with E-state index in [1.807, 2.05) is 20.8 Å².